The van der Waals surface area contributed by atoms with Gasteiger partial charge in [0.25, 0.3) is 5.69 Å². The third kappa shape index (κ3) is 2.73. The molecule has 4 N–H and O–H groups in total. The first-order chi connectivity index (χ1) is 8.66. The van der Waals surface area contributed by atoms with Gasteiger partial charge in [-0.05, 0) is 6.07 Å². The van der Waals surface area contributed by atoms with Crippen molar-refractivity contribution >= 4 is 17.1 Å². The molecule has 0 fully saturated rings. The number of aromatic amines is 1. The Morgan fingerprint density at radius 1 is 1.50 bits per heavy atom. The van der Waals surface area contributed by atoms with Crippen LogP contribution < -0.4 is 11.1 Å². The second-order valence-electron chi connectivity index (χ2n) is 3.64. The molecular formula is C10H12N6O2. The highest BCUT2D eigenvalue weighted by Crippen LogP contribution is 2.23. The van der Waals surface area contributed by atoms with Crippen LogP contribution in [0.2, 0.25) is 0 Å². The summed E-state index contributed by atoms with van der Waals surface area (Å²) in [5.74, 6) is 0.767. The van der Waals surface area contributed by atoms with Crippen LogP contribution in [0.3, 0.4) is 0 Å². The van der Waals surface area contributed by atoms with Crippen molar-refractivity contribution in [2.24, 2.45) is 0 Å². The summed E-state index contributed by atoms with van der Waals surface area (Å²) in [5, 5.41) is 20.1. The Morgan fingerprint density at radius 3 is 2.94 bits per heavy atom. The minimum Gasteiger partial charge on any atom is -0.397 e. The number of aromatic nitrogens is 3. The van der Waals surface area contributed by atoms with Crippen molar-refractivity contribution in [3.05, 3.63) is 40.5 Å². The predicted octanol–water partition coefficient (Wildman–Crippen LogP) is 0.950. The van der Waals surface area contributed by atoms with E-state index < -0.39 is 4.92 Å². The van der Waals surface area contributed by atoms with E-state index in [0.29, 0.717) is 24.3 Å². The Hall–Kier alpha value is -2.64. The van der Waals surface area contributed by atoms with E-state index in [1.807, 2.05) is 0 Å². The standard InChI is InChI=1S/C10H12N6O2/c11-8-5-7(16(17)18)1-2-9(8)12-4-3-10-13-6-14-15-10/h1-2,5-6,12H,3-4,11H2,(H,13,14,15). The van der Waals surface area contributed by atoms with Gasteiger partial charge in [0.15, 0.2) is 0 Å². The average molecular weight is 248 g/mol. The number of nitrogen functional groups attached to an aromatic ring is 1. The Bertz CT molecular complexity index is 539. The fraction of sp³-hybridized carbons (Fsp3) is 0.200. The molecule has 0 saturated carbocycles. The fourth-order valence-electron chi connectivity index (χ4n) is 1.49. The van der Waals surface area contributed by atoms with Crippen LogP contribution >= 0.6 is 0 Å². The van der Waals surface area contributed by atoms with Gasteiger partial charge in [-0.25, -0.2) is 4.98 Å². The monoisotopic (exact) mass is 248 g/mol. The Morgan fingerprint density at radius 2 is 2.33 bits per heavy atom. The van der Waals surface area contributed by atoms with Crippen LogP contribution in [0.4, 0.5) is 17.1 Å². The molecule has 0 spiro atoms. The number of nitrogens with one attached hydrogen (secondary N) is 2. The second-order valence-corrected chi connectivity index (χ2v) is 3.64. The van der Waals surface area contributed by atoms with Crippen LogP contribution in [-0.4, -0.2) is 26.6 Å². The van der Waals surface area contributed by atoms with E-state index in [2.05, 4.69) is 20.5 Å². The summed E-state index contributed by atoms with van der Waals surface area (Å²) in [7, 11) is 0. The first-order valence-electron chi connectivity index (χ1n) is 5.29. The molecule has 2 rings (SSSR count). The van der Waals surface area contributed by atoms with Gasteiger partial charge in [-0.1, -0.05) is 0 Å². The molecule has 0 aliphatic heterocycles. The molecule has 2 aromatic rings. The molecule has 1 heterocycles. The van der Waals surface area contributed by atoms with E-state index in [0.717, 1.165) is 5.82 Å². The quantitative estimate of drug-likeness (QED) is 0.411. The predicted molar refractivity (Wildman–Crippen MR) is 66.1 cm³/mol. The maximum absolute atomic E-state index is 10.5. The molecule has 18 heavy (non-hydrogen) atoms. The minimum atomic E-state index is -0.478. The van der Waals surface area contributed by atoms with E-state index in [-0.39, 0.29) is 5.69 Å². The third-order valence-corrected chi connectivity index (χ3v) is 2.39. The summed E-state index contributed by atoms with van der Waals surface area (Å²) in [4.78, 5) is 14.0. The van der Waals surface area contributed by atoms with Crippen molar-refractivity contribution in [1.29, 1.82) is 0 Å². The van der Waals surface area contributed by atoms with E-state index >= 15 is 0 Å². The maximum Gasteiger partial charge on any atom is 0.271 e. The van der Waals surface area contributed by atoms with Crippen molar-refractivity contribution in [3.8, 4) is 0 Å². The van der Waals surface area contributed by atoms with Gasteiger partial charge in [0.05, 0.1) is 16.3 Å². The largest absolute Gasteiger partial charge is 0.397 e. The second kappa shape index (κ2) is 5.13. The number of hydrogen-bond donors (Lipinski definition) is 3. The summed E-state index contributed by atoms with van der Waals surface area (Å²) in [6.07, 6.45) is 2.10. The number of non-ortho nitro benzene ring substituents is 1. The van der Waals surface area contributed by atoms with Gasteiger partial charge in [0.1, 0.15) is 12.2 Å². The Labute approximate surface area is 102 Å². The summed E-state index contributed by atoms with van der Waals surface area (Å²) in [5.41, 5.74) is 6.71. The van der Waals surface area contributed by atoms with Gasteiger partial charge in [0, 0.05) is 25.1 Å². The molecule has 0 unspecified atom stereocenters. The van der Waals surface area contributed by atoms with Crippen LogP contribution in [0, 0.1) is 10.1 Å². The first-order valence-corrected chi connectivity index (χ1v) is 5.29. The lowest BCUT2D eigenvalue weighted by molar-refractivity contribution is -0.384. The van der Waals surface area contributed by atoms with E-state index in [4.69, 9.17) is 5.73 Å². The lowest BCUT2D eigenvalue weighted by Crippen LogP contribution is -2.08. The summed E-state index contributed by atoms with van der Waals surface area (Å²) in [6.45, 7) is 0.608. The zero-order chi connectivity index (χ0) is 13.0. The molecule has 0 aliphatic rings. The van der Waals surface area contributed by atoms with Crippen molar-refractivity contribution in [2.45, 2.75) is 6.42 Å². The van der Waals surface area contributed by atoms with Crippen molar-refractivity contribution < 1.29 is 4.92 Å². The van der Waals surface area contributed by atoms with Gasteiger partial charge in [-0.3, -0.25) is 15.2 Å². The zero-order valence-electron chi connectivity index (χ0n) is 9.46. The zero-order valence-corrected chi connectivity index (χ0v) is 9.46. The van der Waals surface area contributed by atoms with Crippen LogP contribution in [-0.2, 0) is 6.42 Å². The number of nitro groups is 1. The summed E-state index contributed by atoms with van der Waals surface area (Å²) < 4.78 is 0. The molecule has 0 atom stereocenters. The number of nitrogens with zero attached hydrogens (tertiary/aromatic N) is 3. The van der Waals surface area contributed by atoms with Crippen LogP contribution in [0.1, 0.15) is 5.82 Å². The van der Waals surface area contributed by atoms with Gasteiger partial charge in [-0.2, -0.15) is 5.10 Å². The molecule has 0 radical (unpaired) electrons. The van der Waals surface area contributed by atoms with Crippen LogP contribution in [0.5, 0.6) is 0 Å². The van der Waals surface area contributed by atoms with Crippen molar-refractivity contribution in [2.75, 3.05) is 17.6 Å². The number of rotatable bonds is 5. The van der Waals surface area contributed by atoms with Gasteiger partial charge >= 0.3 is 0 Å². The van der Waals surface area contributed by atoms with Crippen molar-refractivity contribution in [3.63, 3.8) is 0 Å². The molecule has 1 aromatic carbocycles. The molecule has 8 heteroatoms. The first kappa shape index (κ1) is 11.8. The van der Waals surface area contributed by atoms with Crippen molar-refractivity contribution in [1.82, 2.24) is 15.2 Å². The molecule has 94 valence electrons. The molecule has 1 aromatic heterocycles. The van der Waals surface area contributed by atoms with Crippen LogP contribution in [0.15, 0.2) is 24.5 Å². The minimum absolute atomic E-state index is 0.0201. The fourth-order valence-corrected chi connectivity index (χ4v) is 1.49. The van der Waals surface area contributed by atoms with Gasteiger partial charge in [0.2, 0.25) is 0 Å². The smallest absolute Gasteiger partial charge is 0.271 e. The molecule has 8 nitrogen and oxygen atoms in total. The Balaban J connectivity index is 1.95. The average Bonchev–Trinajstić information content (AvgIpc) is 2.84. The highest BCUT2D eigenvalue weighted by molar-refractivity contribution is 5.69. The topological polar surface area (TPSA) is 123 Å². The molecule has 0 bridgehead atoms. The van der Waals surface area contributed by atoms with Gasteiger partial charge in [-0.15, -0.1) is 0 Å². The molecule has 0 aliphatic carbocycles. The molecule has 0 amide bonds. The number of anilines is 2. The Kier molecular flexibility index (Phi) is 3.37. The third-order valence-electron chi connectivity index (χ3n) is 2.39. The molecule has 0 saturated heterocycles. The number of nitrogens with two attached hydrogens (primary N) is 1. The van der Waals surface area contributed by atoms with E-state index in [1.54, 1.807) is 6.07 Å². The summed E-state index contributed by atoms with van der Waals surface area (Å²) >= 11 is 0. The number of nitro benzene ring substituents is 1. The van der Waals surface area contributed by atoms with Gasteiger partial charge < -0.3 is 11.1 Å². The SMILES string of the molecule is Nc1cc([N+](=O)[O-])ccc1NCCc1ncn[nH]1. The highest BCUT2D eigenvalue weighted by atomic mass is 16.6. The highest BCUT2D eigenvalue weighted by Gasteiger charge is 2.08. The maximum atomic E-state index is 10.5. The van der Waals surface area contributed by atoms with E-state index in [9.17, 15) is 10.1 Å². The lowest BCUT2D eigenvalue weighted by Gasteiger charge is -2.07. The number of hydrogen-bond acceptors (Lipinski definition) is 6. The number of benzene rings is 1. The molecular weight excluding hydrogens is 236 g/mol. The lowest BCUT2D eigenvalue weighted by atomic mass is 10.2. The van der Waals surface area contributed by atoms with Crippen LogP contribution in [0.25, 0.3) is 0 Å². The number of H-pyrrole nitrogens is 1. The summed E-state index contributed by atoms with van der Waals surface area (Å²) in [6, 6.07) is 4.33. The van der Waals surface area contributed by atoms with E-state index in [1.165, 1.54) is 18.5 Å². The normalized spacial score (nSPS) is 10.2.